The molecule has 0 radical (unpaired) electrons. The number of benzene rings is 2. The molecule has 5 atom stereocenters. The van der Waals surface area contributed by atoms with Crippen molar-refractivity contribution >= 4 is 5.91 Å². The first-order valence-corrected chi connectivity index (χ1v) is 13.0. The maximum absolute atomic E-state index is 15.1. The van der Waals surface area contributed by atoms with E-state index in [1.165, 1.54) is 50.2 Å². The smallest absolute Gasteiger partial charge is 0.268 e. The Bertz CT molecular complexity index is 1240. The molecule has 0 spiro atoms. The van der Waals surface area contributed by atoms with Gasteiger partial charge >= 0.3 is 0 Å². The lowest BCUT2D eigenvalue weighted by atomic mass is 9.90. The molecule has 2 aromatic carbocycles. The predicted octanol–water partition coefficient (Wildman–Crippen LogP) is 5.81. The molecule has 2 aromatic rings. The monoisotopic (exact) mass is 567 g/mol. The summed E-state index contributed by atoms with van der Waals surface area (Å²) in [5.74, 6) is -3.42. The van der Waals surface area contributed by atoms with E-state index in [4.69, 9.17) is 0 Å². The highest BCUT2D eigenvalue weighted by Gasteiger charge is 2.68. The van der Waals surface area contributed by atoms with Gasteiger partial charge in [0.2, 0.25) is 12.3 Å². The second-order valence-electron chi connectivity index (χ2n) is 11.2. The molecule has 3 N–H and O–H groups in total. The predicted molar refractivity (Wildman–Crippen MR) is 136 cm³/mol. The summed E-state index contributed by atoms with van der Waals surface area (Å²) in [6.07, 6.45) is -7.14. The second-order valence-corrected chi connectivity index (χ2v) is 11.2. The van der Waals surface area contributed by atoms with Crippen molar-refractivity contribution in [2.75, 3.05) is 6.67 Å². The van der Waals surface area contributed by atoms with Crippen molar-refractivity contribution in [2.24, 2.45) is 11.8 Å². The number of nitrogens with one attached hydrogen (secondary N) is 2. The highest BCUT2D eigenvalue weighted by Crippen LogP contribution is 2.54. The van der Waals surface area contributed by atoms with Gasteiger partial charge in [-0.25, -0.2) is 22.0 Å². The minimum atomic E-state index is -3.10. The van der Waals surface area contributed by atoms with Gasteiger partial charge in [0.15, 0.2) is 0 Å². The van der Waals surface area contributed by atoms with E-state index in [9.17, 15) is 37.1 Å². The van der Waals surface area contributed by atoms with Crippen LogP contribution in [0.5, 0.6) is 0 Å². The van der Waals surface area contributed by atoms with Gasteiger partial charge in [-0.1, -0.05) is 48.5 Å². The Morgan fingerprint density at radius 1 is 1.02 bits per heavy atom. The quantitative estimate of drug-likeness (QED) is 0.283. The summed E-state index contributed by atoms with van der Waals surface area (Å²) in [7, 11) is 0. The number of aliphatic hydroxyl groups is 1. The van der Waals surface area contributed by atoms with E-state index in [2.05, 4.69) is 10.6 Å². The minimum Gasteiger partial charge on any atom is -0.382 e. The number of hydrogen-bond acceptors (Lipinski definition) is 4. The maximum Gasteiger partial charge on any atom is 0.268 e. The Hall–Kier alpha value is -3.10. The number of alkyl halides is 6. The van der Waals surface area contributed by atoms with Crippen LogP contribution in [-0.2, 0) is 4.79 Å². The summed E-state index contributed by atoms with van der Waals surface area (Å²) < 4.78 is 82.7. The molecule has 11 heteroatoms. The Morgan fingerprint density at radius 2 is 1.55 bits per heavy atom. The normalized spacial score (nSPS) is 23.8. The van der Waals surface area contributed by atoms with Crippen LogP contribution in [0.4, 0.5) is 26.3 Å². The number of carbonyl (C=O) groups excluding carboxylic acids is 1. The van der Waals surface area contributed by atoms with Crippen molar-refractivity contribution in [1.82, 2.24) is 10.6 Å². The Morgan fingerprint density at radius 3 is 1.93 bits per heavy atom. The van der Waals surface area contributed by atoms with E-state index in [1.54, 1.807) is 12.1 Å². The van der Waals surface area contributed by atoms with Gasteiger partial charge in [-0.05, 0) is 55.4 Å². The van der Waals surface area contributed by atoms with Crippen molar-refractivity contribution in [3.63, 3.8) is 0 Å². The van der Waals surface area contributed by atoms with E-state index in [0.29, 0.717) is 24.0 Å². The topological polar surface area (TPSA) is 85.2 Å². The third kappa shape index (κ3) is 5.98. The minimum absolute atomic E-state index is 0.0164. The highest BCUT2D eigenvalue weighted by atomic mass is 19.3. The molecule has 5 nitrogen and oxygen atoms in total. The summed E-state index contributed by atoms with van der Waals surface area (Å²) in [5.41, 5.74) is -3.07. The molecule has 40 heavy (non-hydrogen) atoms. The summed E-state index contributed by atoms with van der Waals surface area (Å²) in [6.45, 7) is 1.15. The van der Waals surface area contributed by atoms with E-state index in [0.717, 1.165) is 0 Å². The number of amides is 1. The zero-order chi connectivity index (χ0) is 29.5. The number of aliphatic hydroxyl groups excluding tert-OH is 1. The number of nitrogens with zero attached hydrogens (tertiary/aromatic N) is 1. The van der Waals surface area contributed by atoms with Gasteiger partial charge in [-0.15, -0.1) is 0 Å². The molecule has 2 fully saturated rings. The molecule has 0 bridgehead atoms. The molecular formula is C29H31F6N3O2. The van der Waals surface area contributed by atoms with Crippen LogP contribution in [0.15, 0.2) is 48.5 Å². The zero-order valence-electron chi connectivity index (χ0n) is 22.0. The average molecular weight is 568 g/mol. The van der Waals surface area contributed by atoms with E-state index < -0.39 is 66.2 Å². The van der Waals surface area contributed by atoms with Gasteiger partial charge < -0.3 is 10.4 Å². The van der Waals surface area contributed by atoms with Gasteiger partial charge in [0, 0.05) is 12.0 Å². The third-order valence-corrected chi connectivity index (χ3v) is 7.95. The first kappa shape index (κ1) is 29.9. The second kappa shape index (κ2) is 11.1. The van der Waals surface area contributed by atoms with Gasteiger partial charge in [0.25, 0.3) is 6.43 Å². The van der Waals surface area contributed by atoms with Crippen molar-refractivity contribution in [3.05, 3.63) is 59.7 Å². The Kier molecular flexibility index (Phi) is 8.25. The number of nitriles is 1. The van der Waals surface area contributed by atoms with E-state index in [1.807, 2.05) is 6.07 Å². The van der Waals surface area contributed by atoms with Crippen LogP contribution in [0.3, 0.4) is 0 Å². The molecule has 0 heterocycles. The van der Waals surface area contributed by atoms with Gasteiger partial charge in [-0.2, -0.15) is 5.26 Å². The van der Waals surface area contributed by atoms with Crippen LogP contribution < -0.4 is 10.6 Å². The molecule has 4 unspecified atom stereocenters. The molecular weight excluding hydrogens is 536 g/mol. The summed E-state index contributed by atoms with van der Waals surface area (Å²) >= 11 is 0. The van der Waals surface area contributed by atoms with Crippen LogP contribution >= 0.6 is 0 Å². The van der Waals surface area contributed by atoms with Gasteiger partial charge in [-0.3, -0.25) is 14.5 Å². The fourth-order valence-electron chi connectivity index (χ4n) is 5.20. The lowest BCUT2D eigenvalue weighted by molar-refractivity contribution is -0.126. The van der Waals surface area contributed by atoms with Crippen molar-refractivity contribution < 1.29 is 36.2 Å². The Balaban J connectivity index is 1.64. The molecule has 2 aliphatic carbocycles. The van der Waals surface area contributed by atoms with Crippen LogP contribution in [-0.4, -0.2) is 47.3 Å². The molecule has 0 aliphatic heterocycles. The molecule has 2 aliphatic rings. The fraction of sp³-hybridized carbons (Fsp3) is 0.517. The summed E-state index contributed by atoms with van der Waals surface area (Å²) in [6, 6.07) is 12.5. The number of halogens is 6. The number of hydrogen-bond donors (Lipinski definition) is 3. The van der Waals surface area contributed by atoms with Gasteiger partial charge in [0.1, 0.15) is 22.9 Å². The fourth-order valence-corrected chi connectivity index (χ4v) is 5.20. The largest absolute Gasteiger partial charge is 0.382 e. The number of carbonyl (C=O) groups is 1. The van der Waals surface area contributed by atoms with Crippen LogP contribution in [0, 0.1) is 23.2 Å². The van der Waals surface area contributed by atoms with Crippen molar-refractivity contribution in [2.45, 2.75) is 74.9 Å². The summed E-state index contributed by atoms with van der Waals surface area (Å²) in [5, 5.41) is 24.5. The summed E-state index contributed by atoms with van der Waals surface area (Å²) in [4.78, 5) is 13.4. The maximum atomic E-state index is 15.1. The molecule has 216 valence electrons. The Labute approximate surface area is 228 Å². The molecule has 4 rings (SSSR count). The molecule has 2 saturated carbocycles. The van der Waals surface area contributed by atoms with Gasteiger partial charge in [0.05, 0.1) is 18.7 Å². The van der Waals surface area contributed by atoms with Crippen LogP contribution in [0.1, 0.15) is 56.4 Å². The zero-order valence-corrected chi connectivity index (χ0v) is 22.0. The first-order valence-electron chi connectivity index (χ1n) is 13.0. The first-order chi connectivity index (χ1) is 18.8. The van der Waals surface area contributed by atoms with Crippen molar-refractivity contribution in [3.8, 4) is 17.2 Å². The molecule has 0 aromatic heterocycles. The lowest BCUT2D eigenvalue weighted by Crippen LogP contribution is -2.55. The lowest BCUT2D eigenvalue weighted by Gasteiger charge is -2.33. The van der Waals surface area contributed by atoms with E-state index >= 15 is 4.39 Å². The molecule has 0 saturated heterocycles. The highest BCUT2D eigenvalue weighted by molar-refractivity contribution is 5.91. The van der Waals surface area contributed by atoms with Crippen molar-refractivity contribution in [1.29, 1.82) is 5.26 Å². The van der Waals surface area contributed by atoms with E-state index in [-0.39, 0.29) is 17.5 Å². The average Bonchev–Trinajstić information content (AvgIpc) is 3.84. The van der Waals surface area contributed by atoms with Crippen LogP contribution in [0.2, 0.25) is 0 Å². The SMILES string of the molecule is CC(C)(F)C1C[C@]1(NC(c1ccc(-c2ccc(C(O)C(F)F)cc2)cc1)C(CF)C(F)F)C(=O)NC1(C#N)CC1. The molecule has 1 amide bonds. The standard InChI is InChI=1S/C29H31F6N3O2/c1-27(2,35)21-13-29(21,26(40)38-28(15-36)11-12-28)37-22(20(14-30)24(31)32)18-7-3-16(4-8-18)17-5-9-19(10-6-17)23(39)25(33)34/h3-10,20-25,37,39H,11-14H2,1-2H3,(H,38,40)/t20?,21?,22?,23?,29-/m1/s1. The number of rotatable bonds is 12. The third-order valence-electron chi connectivity index (χ3n) is 7.95. The van der Waals surface area contributed by atoms with Crippen LogP contribution in [0.25, 0.3) is 11.1 Å².